The Balaban J connectivity index is 2.23. The van der Waals surface area contributed by atoms with E-state index in [1.807, 2.05) is 12.1 Å². The van der Waals surface area contributed by atoms with Gasteiger partial charge in [-0.1, -0.05) is 13.3 Å². The van der Waals surface area contributed by atoms with Crippen LogP contribution in [0.2, 0.25) is 0 Å². The minimum absolute atomic E-state index is 0.0982. The first-order chi connectivity index (χ1) is 8.24. The second-order valence-corrected chi connectivity index (χ2v) is 4.86. The van der Waals surface area contributed by atoms with E-state index in [2.05, 4.69) is 17.2 Å². The minimum atomic E-state index is -0.0982. The lowest BCUT2D eigenvalue weighted by atomic mass is 10.3. The largest absolute Gasteiger partial charge is 0.396 e. The highest BCUT2D eigenvalue weighted by molar-refractivity contribution is 7.21. The smallest absolute Gasteiger partial charge is 0.263 e. The molecule has 0 radical (unpaired) electrons. The van der Waals surface area contributed by atoms with Crippen molar-refractivity contribution in [2.75, 3.05) is 12.3 Å². The van der Waals surface area contributed by atoms with Gasteiger partial charge in [0, 0.05) is 12.7 Å². The standard InChI is InChI=1S/C12H15N3OS/c1-2-3-6-15-12(16)11-9(13)10-8(17-11)5-4-7-14-10/h4-5,7H,2-3,6,13H2,1H3,(H,15,16). The molecule has 0 atom stereocenters. The van der Waals surface area contributed by atoms with E-state index in [9.17, 15) is 4.79 Å². The van der Waals surface area contributed by atoms with E-state index in [0.717, 1.165) is 23.1 Å². The third-order valence-electron chi connectivity index (χ3n) is 2.50. The predicted octanol–water partition coefficient (Wildman–Crippen LogP) is 2.41. The average molecular weight is 249 g/mol. The van der Waals surface area contributed by atoms with Gasteiger partial charge in [-0.15, -0.1) is 11.3 Å². The molecule has 1 amide bonds. The molecule has 90 valence electrons. The SMILES string of the molecule is CCCCNC(=O)c1sc2cccnc2c1N. The second kappa shape index (κ2) is 5.14. The van der Waals surface area contributed by atoms with Crippen LogP contribution in [0.1, 0.15) is 29.4 Å². The fraction of sp³-hybridized carbons (Fsp3) is 0.333. The Hall–Kier alpha value is -1.62. The number of nitrogens with two attached hydrogens (primary N) is 1. The summed E-state index contributed by atoms with van der Waals surface area (Å²) in [5.41, 5.74) is 7.14. The molecule has 0 aliphatic heterocycles. The maximum absolute atomic E-state index is 11.9. The Morgan fingerprint density at radius 1 is 1.59 bits per heavy atom. The van der Waals surface area contributed by atoms with Crippen LogP contribution < -0.4 is 11.1 Å². The van der Waals surface area contributed by atoms with Crippen molar-refractivity contribution in [3.8, 4) is 0 Å². The molecule has 0 saturated heterocycles. The third-order valence-corrected chi connectivity index (χ3v) is 3.66. The molecule has 17 heavy (non-hydrogen) atoms. The number of aromatic nitrogens is 1. The molecule has 0 fully saturated rings. The number of anilines is 1. The number of carbonyl (C=O) groups excluding carboxylic acids is 1. The van der Waals surface area contributed by atoms with Crippen molar-refractivity contribution >= 4 is 33.1 Å². The number of nitrogen functional groups attached to an aromatic ring is 1. The summed E-state index contributed by atoms with van der Waals surface area (Å²) in [6, 6.07) is 3.77. The first-order valence-corrected chi connectivity index (χ1v) is 6.47. The van der Waals surface area contributed by atoms with Crippen molar-refractivity contribution in [3.63, 3.8) is 0 Å². The van der Waals surface area contributed by atoms with Crippen LogP contribution in [0.25, 0.3) is 10.2 Å². The molecule has 4 nitrogen and oxygen atoms in total. The van der Waals surface area contributed by atoms with Crippen molar-refractivity contribution < 1.29 is 4.79 Å². The number of amides is 1. The number of unbranched alkanes of at least 4 members (excludes halogenated alkanes) is 1. The van der Waals surface area contributed by atoms with Gasteiger partial charge in [-0.3, -0.25) is 9.78 Å². The van der Waals surface area contributed by atoms with Gasteiger partial charge in [-0.05, 0) is 18.6 Å². The number of rotatable bonds is 4. The van der Waals surface area contributed by atoms with Crippen molar-refractivity contribution in [1.82, 2.24) is 10.3 Å². The van der Waals surface area contributed by atoms with Gasteiger partial charge in [0.1, 0.15) is 10.4 Å². The molecule has 0 unspecified atom stereocenters. The Bertz CT molecular complexity index is 536. The lowest BCUT2D eigenvalue weighted by molar-refractivity contribution is 0.0958. The number of hydrogen-bond donors (Lipinski definition) is 2. The summed E-state index contributed by atoms with van der Waals surface area (Å²) < 4.78 is 0.950. The highest BCUT2D eigenvalue weighted by Gasteiger charge is 2.16. The molecule has 5 heteroatoms. The van der Waals surface area contributed by atoms with Gasteiger partial charge in [0.25, 0.3) is 5.91 Å². The average Bonchev–Trinajstić information content (AvgIpc) is 2.68. The zero-order valence-corrected chi connectivity index (χ0v) is 10.5. The number of thiophene rings is 1. The fourth-order valence-corrected chi connectivity index (χ4v) is 2.57. The number of hydrogen-bond acceptors (Lipinski definition) is 4. The highest BCUT2D eigenvalue weighted by Crippen LogP contribution is 2.31. The number of fused-ring (bicyclic) bond motifs is 1. The quantitative estimate of drug-likeness (QED) is 0.818. The summed E-state index contributed by atoms with van der Waals surface area (Å²) in [6.07, 6.45) is 3.72. The summed E-state index contributed by atoms with van der Waals surface area (Å²) in [7, 11) is 0. The highest BCUT2D eigenvalue weighted by atomic mass is 32.1. The number of carbonyl (C=O) groups is 1. The van der Waals surface area contributed by atoms with E-state index in [0.29, 0.717) is 17.1 Å². The Kier molecular flexibility index (Phi) is 3.58. The van der Waals surface area contributed by atoms with Crippen molar-refractivity contribution in [2.24, 2.45) is 0 Å². The lowest BCUT2D eigenvalue weighted by Crippen LogP contribution is -2.24. The van der Waals surface area contributed by atoms with Crippen molar-refractivity contribution in [3.05, 3.63) is 23.2 Å². The van der Waals surface area contributed by atoms with Gasteiger partial charge in [0.2, 0.25) is 0 Å². The van der Waals surface area contributed by atoms with Crippen LogP contribution in [0, 0.1) is 0 Å². The summed E-state index contributed by atoms with van der Waals surface area (Å²) in [5, 5.41) is 2.87. The molecule has 2 aromatic heterocycles. The van der Waals surface area contributed by atoms with Gasteiger partial charge in [0.05, 0.1) is 10.4 Å². The Morgan fingerprint density at radius 3 is 3.12 bits per heavy atom. The fourth-order valence-electron chi connectivity index (χ4n) is 1.58. The Morgan fingerprint density at radius 2 is 2.41 bits per heavy atom. The summed E-state index contributed by atoms with van der Waals surface area (Å²) in [5.74, 6) is -0.0982. The first kappa shape index (κ1) is 11.9. The molecule has 2 aromatic rings. The van der Waals surface area contributed by atoms with Crippen molar-refractivity contribution in [2.45, 2.75) is 19.8 Å². The van der Waals surface area contributed by atoms with E-state index in [4.69, 9.17) is 5.73 Å². The zero-order valence-electron chi connectivity index (χ0n) is 9.69. The predicted molar refractivity (Wildman–Crippen MR) is 71.3 cm³/mol. The van der Waals surface area contributed by atoms with Crippen LogP contribution in [-0.2, 0) is 0 Å². The van der Waals surface area contributed by atoms with E-state index >= 15 is 0 Å². The number of nitrogens with one attached hydrogen (secondary N) is 1. The number of nitrogens with zero attached hydrogens (tertiary/aromatic N) is 1. The van der Waals surface area contributed by atoms with Crippen LogP contribution in [0.4, 0.5) is 5.69 Å². The molecule has 2 heterocycles. The maximum atomic E-state index is 11.9. The molecule has 0 saturated carbocycles. The van der Waals surface area contributed by atoms with E-state index in [-0.39, 0.29) is 5.91 Å². The van der Waals surface area contributed by atoms with Gasteiger partial charge in [-0.25, -0.2) is 0 Å². The van der Waals surface area contributed by atoms with Crippen LogP contribution in [-0.4, -0.2) is 17.4 Å². The van der Waals surface area contributed by atoms with Crippen LogP contribution in [0.15, 0.2) is 18.3 Å². The van der Waals surface area contributed by atoms with E-state index in [1.54, 1.807) is 6.20 Å². The van der Waals surface area contributed by atoms with Crippen LogP contribution >= 0.6 is 11.3 Å². The van der Waals surface area contributed by atoms with Gasteiger partial charge in [-0.2, -0.15) is 0 Å². The van der Waals surface area contributed by atoms with Gasteiger partial charge in [0.15, 0.2) is 0 Å². The molecule has 0 aliphatic rings. The third kappa shape index (κ3) is 2.39. The van der Waals surface area contributed by atoms with Gasteiger partial charge < -0.3 is 11.1 Å². The van der Waals surface area contributed by atoms with E-state index < -0.39 is 0 Å². The molecule has 0 aliphatic carbocycles. The normalized spacial score (nSPS) is 10.6. The van der Waals surface area contributed by atoms with Crippen LogP contribution in [0.3, 0.4) is 0 Å². The van der Waals surface area contributed by atoms with Crippen molar-refractivity contribution in [1.29, 1.82) is 0 Å². The molecule has 2 rings (SSSR count). The summed E-state index contributed by atoms with van der Waals surface area (Å²) in [6.45, 7) is 2.78. The topological polar surface area (TPSA) is 68.0 Å². The summed E-state index contributed by atoms with van der Waals surface area (Å²) >= 11 is 1.39. The van der Waals surface area contributed by atoms with Crippen LogP contribution in [0.5, 0.6) is 0 Å². The molecule has 3 N–H and O–H groups in total. The van der Waals surface area contributed by atoms with E-state index in [1.165, 1.54) is 11.3 Å². The minimum Gasteiger partial charge on any atom is -0.396 e. The Labute approximate surface area is 104 Å². The maximum Gasteiger partial charge on any atom is 0.263 e. The summed E-state index contributed by atoms with van der Waals surface area (Å²) in [4.78, 5) is 16.7. The molecule has 0 spiro atoms. The van der Waals surface area contributed by atoms with Gasteiger partial charge >= 0.3 is 0 Å². The second-order valence-electron chi connectivity index (χ2n) is 3.80. The molecule has 0 bridgehead atoms. The molecular weight excluding hydrogens is 234 g/mol. The number of pyridine rings is 1. The molecular formula is C12H15N3OS. The zero-order chi connectivity index (χ0) is 12.3. The monoisotopic (exact) mass is 249 g/mol. The molecule has 0 aromatic carbocycles. The first-order valence-electron chi connectivity index (χ1n) is 5.65. The lowest BCUT2D eigenvalue weighted by Gasteiger charge is -2.02.